The fraction of sp³-hybridized carbons (Fsp3) is 0.200. The average Bonchev–Trinajstić information content (AvgIpc) is 2.82. The summed E-state index contributed by atoms with van der Waals surface area (Å²) in [4.78, 5) is 27.5. The summed E-state index contributed by atoms with van der Waals surface area (Å²) in [5, 5.41) is 2.66. The number of rotatable bonds is 9. The van der Waals surface area contributed by atoms with Crippen LogP contribution in [-0.4, -0.2) is 36.4 Å². The number of hydrogen-bond donors (Lipinski definition) is 1. The van der Waals surface area contributed by atoms with E-state index in [0.29, 0.717) is 17.7 Å². The molecule has 0 saturated carbocycles. The normalized spacial score (nSPS) is 11.5. The van der Waals surface area contributed by atoms with Crippen LogP contribution < -0.4 is 10.1 Å². The molecular weight excluding hydrogens is 475 g/mol. The minimum absolute atomic E-state index is 0.147. The molecule has 2 amide bonds. The number of carbonyl (C=O) groups is 2. The van der Waals surface area contributed by atoms with Gasteiger partial charge in [0.15, 0.2) is 6.61 Å². The standard InChI is InChI=1S/C25H24BrFN2O3/c1-28-25(31)23(15-18-5-3-2-4-6-18)29(16-19-7-11-21(27)12-8-19)24(30)17-32-22-13-9-20(26)10-14-22/h2-14,23H,15-17H2,1H3,(H,28,31)/t23-/m1/s1. The van der Waals surface area contributed by atoms with Gasteiger partial charge in [-0.25, -0.2) is 4.39 Å². The summed E-state index contributed by atoms with van der Waals surface area (Å²) in [5.74, 6) is -0.449. The maximum Gasteiger partial charge on any atom is 0.261 e. The molecule has 166 valence electrons. The molecule has 32 heavy (non-hydrogen) atoms. The van der Waals surface area contributed by atoms with Gasteiger partial charge in [0, 0.05) is 24.5 Å². The third-order valence-electron chi connectivity index (χ3n) is 4.96. The summed E-state index contributed by atoms with van der Waals surface area (Å²) in [6.07, 6.45) is 0.339. The second-order valence-electron chi connectivity index (χ2n) is 7.21. The van der Waals surface area contributed by atoms with Crippen LogP contribution in [0.2, 0.25) is 0 Å². The molecule has 0 fully saturated rings. The van der Waals surface area contributed by atoms with Gasteiger partial charge in [-0.15, -0.1) is 0 Å². The Hall–Kier alpha value is -3.19. The molecule has 3 rings (SSSR count). The van der Waals surface area contributed by atoms with Crippen LogP contribution in [0.1, 0.15) is 11.1 Å². The lowest BCUT2D eigenvalue weighted by molar-refractivity contribution is -0.142. The largest absolute Gasteiger partial charge is 0.484 e. The first-order valence-electron chi connectivity index (χ1n) is 10.1. The van der Waals surface area contributed by atoms with Crippen molar-refractivity contribution in [2.24, 2.45) is 0 Å². The van der Waals surface area contributed by atoms with Crippen molar-refractivity contribution in [1.82, 2.24) is 10.2 Å². The van der Waals surface area contributed by atoms with Crippen LogP contribution in [0.25, 0.3) is 0 Å². The first kappa shape index (κ1) is 23.5. The van der Waals surface area contributed by atoms with Crippen molar-refractivity contribution < 1.29 is 18.7 Å². The Bertz CT molecular complexity index is 1030. The van der Waals surface area contributed by atoms with Crippen LogP contribution in [-0.2, 0) is 22.6 Å². The Kier molecular flexibility index (Phi) is 8.39. The summed E-state index contributed by atoms with van der Waals surface area (Å²) < 4.78 is 20.0. The van der Waals surface area contributed by atoms with E-state index in [2.05, 4.69) is 21.2 Å². The topological polar surface area (TPSA) is 58.6 Å². The first-order valence-corrected chi connectivity index (χ1v) is 10.9. The third-order valence-corrected chi connectivity index (χ3v) is 5.49. The molecule has 5 nitrogen and oxygen atoms in total. The van der Waals surface area contributed by atoms with Crippen LogP contribution in [0.4, 0.5) is 4.39 Å². The maximum atomic E-state index is 13.4. The highest BCUT2D eigenvalue weighted by atomic mass is 79.9. The molecule has 0 spiro atoms. The maximum absolute atomic E-state index is 13.4. The van der Waals surface area contributed by atoms with Gasteiger partial charge < -0.3 is 15.0 Å². The van der Waals surface area contributed by atoms with Gasteiger partial charge in [-0.2, -0.15) is 0 Å². The van der Waals surface area contributed by atoms with Crippen molar-refractivity contribution in [3.05, 3.63) is 100 Å². The highest BCUT2D eigenvalue weighted by Gasteiger charge is 2.30. The number of amides is 2. The van der Waals surface area contributed by atoms with E-state index in [1.54, 1.807) is 31.3 Å². The molecule has 0 unspecified atom stereocenters. The zero-order chi connectivity index (χ0) is 22.9. The highest BCUT2D eigenvalue weighted by molar-refractivity contribution is 9.10. The van der Waals surface area contributed by atoms with Crippen LogP contribution in [0.3, 0.4) is 0 Å². The van der Waals surface area contributed by atoms with E-state index in [0.717, 1.165) is 10.0 Å². The van der Waals surface area contributed by atoms with E-state index in [4.69, 9.17) is 4.74 Å². The molecule has 0 bridgehead atoms. The predicted octanol–water partition coefficient (Wildman–Crippen LogP) is 4.35. The van der Waals surface area contributed by atoms with E-state index in [1.807, 2.05) is 42.5 Å². The van der Waals surface area contributed by atoms with Crippen molar-refractivity contribution >= 4 is 27.7 Å². The molecule has 7 heteroatoms. The zero-order valence-corrected chi connectivity index (χ0v) is 19.2. The van der Waals surface area contributed by atoms with Crippen molar-refractivity contribution in [3.63, 3.8) is 0 Å². The van der Waals surface area contributed by atoms with Gasteiger partial charge in [-0.3, -0.25) is 9.59 Å². The summed E-state index contributed by atoms with van der Waals surface area (Å²) in [7, 11) is 1.54. The number of carbonyl (C=O) groups excluding carboxylic acids is 2. The molecule has 1 N–H and O–H groups in total. The SMILES string of the molecule is CNC(=O)[C@@H](Cc1ccccc1)N(Cc1ccc(F)cc1)C(=O)COc1ccc(Br)cc1. The van der Waals surface area contributed by atoms with E-state index >= 15 is 0 Å². The van der Waals surface area contributed by atoms with E-state index in [-0.39, 0.29) is 30.8 Å². The summed E-state index contributed by atoms with van der Waals surface area (Å²) in [6, 6.07) is 21.8. The first-order chi connectivity index (χ1) is 15.5. The molecule has 3 aromatic carbocycles. The molecule has 0 saturated heterocycles. The smallest absolute Gasteiger partial charge is 0.261 e. The molecule has 0 aliphatic rings. The Morgan fingerprint density at radius 3 is 2.25 bits per heavy atom. The number of halogens is 2. The minimum Gasteiger partial charge on any atom is -0.484 e. The average molecular weight is 499 g/mol. The van der Waals surface area contributed by atoms with Gasteiger partial charge in [0.25, 0.3) is 5.91 Å². The predicted molar refractivity (Wildman–Crippen MR) is 125 cm³/mol. The van der Waals surface area contributed by atoms with Crippen molar-refractivity contribution in [1.29, 1.82) is 0 Å². The van der Waals surface area contributed by atoms with Gasteiger partial charge >= 0.3 is 0 Å². The number of nitrogens with zero attached hydrogens (tertiary/aromatic N) is 1. The molecule has 0 aliphatic heterocycles. The van der Waals surface area contributed by atoms with Crippen LogP contribution >= 0.6 is 15.9 Å². The number of ether oxygens (including phenoxy) is 1. The Morgan fingerprint density at radius 1 is 0.969 bits per heavy atom. The quantitative estimate of drug-likeness (QED) is 0.476. The number of benzene rings is 3. The fourth-order valence-corrected chi connectivity index (χ4v) is 3.53. The van der Waals surface area contributed by atoms with Gasteiger partial charge in [-0.05, 0) is 47.5 Å². The Labute approximate surface area is 195 Å². The Balaban J connectivity index is 1.85. The van der Waals surface area contributed by atoms with Crippen molar-refractivity contribution in [2.75, 3.05) is 13.7 Å². The third kappa shape index (κ3) is 6.65. The van der Waals surface area contributed by atoms with Crippen LogP contribution in [0.5, 0.6) is 5.75 Å². The Morgan fingerprint density at radius 2 is 1.62 bits per heavy atom. The van der Waals surface area contributed by atoms with E-state index < -0.39 is 6.04 Å². The lowest BCUT2D eigenvalue weighted by Crippen LogP contribution is -2.51. The van der Waals surface area contributed by atoms with Crippen LogP contribution in [0, 0.1) is 5.82 Å². The van der Waals surface area contributed by atoms with Crippen LogP contribution in [0.15, 0.2) is 83.3 Å². The summed E-state index contributed by atoms with van der Waals surface area (Å²) in [5.41, 5.74) is 1.64. The number of nitrogens with one attached hydrogen (secondary N) is 1. The molecule has 0 aliphatic carbocycles. The molecule has 0 heterocycles. The summed E-state index contributed by atoms with van der Waals surface area (Å²) in [6.45, 7) is -0.0845. The lowest BCUT2D eigenvalue weighted by Gasteiger charge is -2.31. The van der Waals surface area contributed by atoms with E-state index in [1.165, 1.54) is 17.0 Å². The molecular formula is C25H24BrFN2O3. The number of likely N-dealkylation sites (N-methyl/N-ethyl adjacent to an activating group) is 1. The van der Waals surface area contributed by atoms with Gasteiger partial charge in [-0.1, -0.05) is 58.4 Å². The lowest BCUT2D eigenvalue weighted by atomic mass is 10.0. The minimum atomic E-state index is -0.756. The summed E-state index contributed by atoms with van der Waals surface area (Å²) >= 11 is 3.36. The second-order valence-corrected chi connectivity index (χ2v) is 8.13. The molecule has 0 aromatic heterocycles. The number of hydrogen-bond acceptors (Lipinski definition) is 3. The molecule has 1 atom stereocenters. The zero-order valence-electron chi connectivity index (χ0n) is 17.6. The van der Waals surface area contributed by atoms with Gasteiger partial charge in [0.05, 0.1) is 0 Å². The van der Waals surface area contributed by atoms with Gasteiger partial charge in [0.2, 0.25) is 5.91 Å². The monoisotopic (exact) mass is 498 g/mol. The van der Waals surface area contributed by atoms with Crippen molar-refractivity contribution in [3.8, 4) is 5.75 Å². The van der Waals surface area contributed by atoms with Gasteiger partial charge in [0.1, 0.15) is 17.6 Å². The molecule has 0 radical (unpaired) electrons. The van der Waals surface area contributed by atoms with Crippen molar-refractivity contribution in [2.45, 2.75) is 19.0 Å². The highest BCUT2D eigenvalue weighted by Crippen LogP contribution is 2.18. The second kappa shape index (κ2) is 11.4. The molecule has 3 aromatic rings. The fourth-order valence-electron chi connectivity index (χ4n) is 3.27. The van der Waals surface area contributed by atoms with E-state index in [9.17, 15) is 14.0 Å².